The Labute approximate surface area is 134 Å². The molecule has 0 saturated carbocycles. The Balaban J connectivity index is 2.42. The van der Waals surface area contributed by atoms with Gasteiger partial charge in [0.1, 0.15) is 10.6 Å². The van der Waals surface area contributed by atoms with Gasteiger partial charge in [0.2, 0.25) is 0 Å². The highest BCUT2D eigenvalue weighted by Crippen LogP contribution is 2.29. The van der Waals surface area contributed by atoms with Crippen LogP contribution in [0.15, 0.2) is 22.7 Å². The molecule has 1 aromatic carbocycles. The molecule has 1 heterocycles. The molecule has 5 nitrogen and oxygen atoms in total. The third kappa shape index (κ3) is 3.14. The van der Waals surface area contributed by atoms with E-state index in [1.54, 1.807) is 26.1 Å². The van der Waals surface area contributed by atoms with E-state index in [2.05, 4.69) is 20.3 Å². The van der Waals surface area contributed by atoms with E-state index < -0.39 is 5.97 Å². The quantitative estimate of drug-likeness (QED) is 0.899. The highest BCUT2D eigenvalue weighted by molar-refractivity contribution is 9.10. The molecular formula is C14H13BrN2O3S. The standard InChI is InChI=1S/C14H13BrN2O3S/c1-7-4-9(6-10(15)5-7)12(18)17(3)13-11(14(19)20)8(2)16-21-13/h4-6H,1-3H3,(H,19,20). The smallest absolute Gasteiger partial charge is 0.340 e. The van der Waals surface area contributed by atoms with Crippen LogP contribution in [0, 0.1) is 13.8 Å². The molecule has 0 atom stereocenters. The Morgan fingerprint density at radius 3 is 2.52 bits per heavy atom. The number of carbonyl (C=O) groups is 2. The Morgan fingerprint density at radius 1 is 1.29 bits per heavy atom. The van der Waals surface area contributed by atoms with Gasteiger partial charge in [-0.2, -0.15) is 4.37 Å². The van der Waals surface area contributed by atoms with Gasteiger partial charge in [0.05, 0.1) is 5.69 Å². The Kier molecular flexibility index (Phi) is 4.43. The number of carboxylic acid groups (broad SMARTS) is 1. The van der Waals surface area contributed by atoms with Crippen molar-refractivity contribution in [3.8, 4) is 0 Å². The molecule has 7 heteroatoms. The summed E-state index contributed by atoms with van der Waals surface area (Å²) in [5.74, 6) is -1.35. The summed E-state index contributed by atoms with van der Waals surface area (Å²) in [6.07, 6.45) is 0. The number of rotatable bonds is 3. The van der Waals surface area contributed by atoms with Crippen LogP contribution < -0.4 is 4.90 Å². The number of hydrogen-bond acceptors (Lipinski definition) is 4. The van der Waals surface area contributed by atoms with Crippen LogP contribution in [0.5, 0.6) is 0 Å². The van der Waals surface area contributed by atoms with E-state index in [1.807, 2.05) is 13.0 Å². The second kappa shape index (κ2) is 5.95. The molecule has 2 rings (SSSR count). The van der Waals surface area contributed by atoms with Crippen molar-refractivity contribution in [2.24, 2.45) is 0 Å². The summed E-state index contributed by atoms with van der Waals surface area (Å²) in [7, 11) is 1.55. The number of amides is 1. The van der Waals surface area contributed by atoms with Crippen LogP contribution in [0.3, 0.4) is 0 Å². The Morgan fingerprint density at radius 2 is 1.95 bits per heavy atom. The SMILES string of the molecule is Cc1cc(Br)cc(C(=O)N(C)c2snc(C)c2C(=O)O)c1. The maximum atomic E-state index is 12.5. The molecule has 110 valence electrons. The topological polar surface area (TPSA) is 70.5 Å². The number of carbonyl (C=O) groups excluding carboxylic acids is 1. The molecule has 0 aliphatic heterocycles. The van der Waals surface area contributed by atoms with E-state index in [4.69, 9.17) is 0 Å². The van der Waals surface area contributed by atoms with E-state index in [-0.39, 0.29) is 11.5 Å². The number of nitrogens with zero attached hydrogens (tertiary/aromatic N) is 2. The van der Waals surface area contributed by atoms with E-state index in [0.29, 0.717) is 16.3 Å². The van der Waals surface area contributed by atoms with Crippen molar-refractivity contribution in [2.75, 3.05) is 11.9 Å². The summed E-state index contributed by atoms with van der Waals surface area (Å²) in [5.41, 5.74) is 1.92. The number of aromatic carboxylic acids is 1. The molecule has 0 aliphatic carbocycles. The zero-order valence-corrected chi connectivity index (χ0v) is 14.1. The lowest BCUT2D eigenvalue weighted by atomic mass is 10.1. The van der Waals surface area contributed by atoms with Crippen LogP contribution in [0.4, 0.5) is 5.00 Å². The van der Waals surface area contributed by atoms with Crippen molar-refractivity contribution in [1.82, 2.24) is 4.37 Å². The molecule has 0 unspecified atom stereocenters. The van der Waals surface area contributed by atoms with Gasteiger partial charge in [-0.05, 0) is 49.1 Å². The van der Waals surface area contributed by atoms with Crippen molar-refractivity contribution >= 4 is 44.3 Å². The first-order valence-corrected chi connectivity index (χ1v) is 7.62. The summed E-state index contributed by atoms with van der Waals surface area (Å²) in [6.45, 7) is 3.51. The molecule has 0 saturated heterocycles. The Hall–Kier alpha value is -1.73. The first kappa shape index (κ1) is 15.7. The van der Waals surface area contributed by atoms with E-state index in [0.717, 1.165) is 21.6 Å². The molecule has 0 aliphatic rings. The molecule has 1 N–H and O–H groups in total. The monoisotopic (exact) mass is 368 g/mol. The minimum atomic E-state index is -1.08. The number of benzene rings is 1. The van der Waals surface area contributed by atoms with Crippen LogP contribution in [0.2, 0.25) is 0 Å². The molecule has 1 amide bonds. The van der Waals surface area contributed by atoms with Gasteiger partial charge in [-0.1, -0.05) is 15.9 Å². The maximum absolute atomic E-state index is 12.5. The fourth-order valence-electron chi connectivity index (χ4n) is 1.98. The van der Waals surface area contributed by atoms with Crippen LogP contribution >= 0.6 is 27.5 Å². The maximum Gasteiger partial charge on any atom is 0.340 e. The average molecular weight is 369 g/mol. The molecule has 0 radical (unpaired) electrons. The van der Waals surface area contributed by atoms with Crippen molar-refractivity contribution < 1.29 is 14.7 Å². The molecule has 0 fully saturated rings. The predicted molar refractivity (Wildman–Crippen MR) is 85.4 cm³/mol. The summed E-state index contributed by atoms with van der Waals surface area (Å²) in [5, 5.41) is 9.58. The van der Waals surface area contributed by atoms with Gasteiger partial charge in [0.15, 0.2) is 0 Å². The zero-order chi connectivity index (χ0) is 15.7. The summed E-state index contributed by atoms with van der Waals surface area (Å²) < 4.78 is 4.83. The van der Waals surface area contributed by atoms with Crippen molar-refractivity contribution in [1.29, 1.82) is 0 Å². The minimum Gasteiger partial charge on any atom is -0.478 e. The first-order chi connectivity index (χ1) is 9.81. The van der Waals surface area contributed by atoms with Gasteiger partial charge < -0.3 is 10.0 Å². The van der Waals surface area contributed by atoms with Crippen molar-refractivity contribution in [2.45, 2.75) is 13.8 Å². The zero-order valence-electron chi connectivity index (χ0n) is 11.7. The van der Waals surface area contributed by atoms with Gasteiger partial charge >= 0.3 is 5.97 Å². The fourth-order valence-corrected chi connectivity index (χ4v) is 3.43. The lowest BCUT2D eigenvalue weighted by molar-refractivity contribution is 0.0697. The normalized spacial score (nSPS) is 10.5. The van der Waals surface area contributed by atoms with Gasteiger partial charge in [-0.3, -0.25) is 4.79 Å². The Bertz CT molecular complexity index is 707. The highest BCUT2D eigenvalue weighted by Gasteiger charge is 2.24. The van der Waals surface area contributed by atoms with Gasteiger partial charge in [0, 0.05) is 17.1 Å². The minimum absolute atomic E-state index is 0.0718. The number of anilines is 1. The second-order valence-electron chi connectivity index (χ2n) is 4.63. The molecular weight excluding hydrogens is 356 g/mol. The van der Waals surface area contributed by atoms with E-state index in [1.165, 1.54) is 4.90 Å². The summed E-state index contributed by atoms with van der Waals surface area (Å²) >= 11 is 4.36. The van der Waals surface area contributed by atoms with E-state index >= 15 is 0 Å². The van der Waals surface area contributed by atoms with Gasteiger partial charge in [-0.25, -0.2) is 4.79 Å². The fraction of sp³-hybridized carbons (Fsp3) is 0.214. The highest BCUT2D eigenvalue weighted by atomic mass is 79.9. The number of hydrogen-bond donors (Lipinski definition) is 1. The van der Waals surface area contributed by atoms with Crippen molar-refractivity contribution in [3.63, 3.8) is 0 Å². The molecule has 2 aromatic rings. The summed E-state index contributed by atoms with van der Waals surface area (Å²) in [4.78, 5) is 25.2. The number of aryl methyl sites for hydroxylation is 2. The third-order valence-corrected chi connectivity index (χ3v) is 4.43. The van der Waals surface area contributed by atoms with Crippen LogP contribution in [-0.4, -0.2) is 28.4 Å². The third-order valence-electron chi connectivity index (χ3n) is 2.96. The van der Waals surface area contributed by atoms with Crippen LogP contribution in [0.25, 0.3) is 0 Å². The van der Waals surface area contributed by atoms with E-state index in [9.17, 15) is 14.7 Å². The average Bonchev–Trinajstić information content (AvgIpc) is 2.77. The van der Waals surface area contributed by atoms with Crippen LogP contribution in [0.1, 0.15) is 32.0 Å². The molecule has 21 heavy (non-hydrogen) atoms. The summed E-state index contributed by atoms with van der Waals surface area (Å²) in [6, 6.07) is 5.37. The molecule has 0 spiro atoms. The largest absolute Gasteiger partial charge is 0.478 e. The number of halogens is 1. The lowest BCUT2D eigenvalue weighted by Gasteiger charge is -2.16. The lowest BCUT2D eigenvalue weighted by Crippen LogP contribution is -2.27. The first-order valence-electron chi connectivity index (χ1n) is 6.06. The second-order valence-corrected chi connectivity index (χ2v) is 6.30. The number of carboxylic acids is 1. The predicted octanol–water partition coefficient (Wildman–Crippen LogP) is 3.50. The van der Waals surface area contributed by atoms with Gasteiger partial charge in [0.25, 0.3) is 5.91 Å². The van der Waals surface area contributed by atoms with Crippen LogP contribution in [-0.2, 0) is 0 Å². The number of aromatic nitrogens is 1. The molecule has 1 aromatic heterocycles. The van der Waals surface area contributed by atoms with Crippen molar-refractivity contribution in [3.05, 3.63) is 45.1 Å². The molecule has 0 bridgehead atoms. The van der Waals surface area contributed by atoms with Gasteiger partial charge in [-0.15, -0.1) is 0 Å².